The fraction of sp³-hybridized carbons (Fsp3) is 0.385. The summed E-state index contributed by atoms with van der Waals surface area (Å²) in [6, 6.07) is 4.93. The summed E-state index contributed by atoms with van der Waals surface area (Å²) in [7, 11) is 3.87. The number of hydrogen-bond donors (Lipinski definition) is 0. The van der Waals surface area contributed by atoms with Crippen LogP contribution in [-0.2, 0) is 10.9 Å². The third-order valence-electron chi connectivity index (χ3n) is 2.25. The van der Waals surface area contributed by atoms with Crippen molar-refractivity contribution in [2.45, 2.75) is 6.18 Å². The number of likely N-dealkylation sites (N-methyl/N-ethyl adjacent to an activating group) is 1. The first-order valence-corrected chi connectivity index (χ1v) is 5.50. The molecule has 0 fully saturated rings. The van der Waals surface area contributed by atoms with Gasteiger partial charge in [0.2, 0.25) is 0 Å². The molecule has 0 saturated heterocycles. The van der Waals surface area contributed by atoms with Crippen LogP contribution in [0.15, 0.2) is 30.5 Å². The van der Waals surface area contributed by atoms with Gasteiger partial charge in [0.05, 0.1) is 18.4 Å². The molecule has 0 N–H and O–H groups in total. The smallest absolute Gasteiger partial charge is 0.416 e. The van der Waals surface area contributed by atoms with Gasteiger partial charge in [0, 0.05) is 6.54 Å². The molecule has 0 heterocycles. The Hall–Kier alpha value is -1.49. The predicted molar refractivity (Wildman–Crippen MR) is 65.0 cm³/mol. The maximum absolute atomic E-state index is 12.3. The SMILES string of the molecule is CN(C)CCO/C=C/c1ccc(C(F)(F)F)cc1. The highest BCUT2D eigenvalue weighted by Gasteiger charge is 2.29. The minimum Gasteiger partial charge on any atom is -0.500 e. The number of hydrogen-bond acceptors (Lipinski definition) is 2. The van der Waals surface area contributed by atoms with Crippen molar-refractivity contribution in [3.8, 4) is 0 Å². The van der Waals surface area contributed by atoms with Gasteiger partial charge < -0.3 is 9.64 Å². The van der Waals surface area contributed by atoms with Crippen molar-refractivity contribution in [2.75, 3.05) is 27.2 Å². The first-order valence-electron chi connectivity index (χ1n) is 5.50. The summed E-state index contributed by atoms with van der Waals surface area (Å²) in [5.74, 6) is 0. The zero-order chi connectivity index (χ0) is 13.6. The molecular weight excluding hydrogens is 243 g/mol. The van der Waals surface area contributed by atoms with Gasteiger partial charge in [-0.05, 0) is 37.9 Å². The molecule has 5 heteroatoms. The molecule has 0 spiro atoms. The van der Waals surface area contributed by atoms with Gasteiger partial charge >= 0.3 is 6.18 Å². The summed E-state index contributed by atoms with van der Waals surface area (Å²) in [6.07, 6.45) is -1.16. The molecule has 0 atom stereocenters. The Morgan fingerprint density at radius 1 is 1.17 bits per heavy atom. The van der Waals surface area contributed by atoms with Gasteiger partial charge in [0.15, 0.2) is 0 Å². The number of rotatable bonds is 5. The van der Waals surface area contributed by atoms with Crippen molar-refractivity contribution in [3.05, 3.63) is 41.7 Å². The van der Waals surface area contributed by atoms with Gasteiger partial charge in [-0.1, -0.05) is 12.1 Å². The summed E-state index contributed by atoms with van der Waals surface area (Å²) < 4.78 is 42.1. The van der Waals surface area contributed by atoms with Crippen LogP contribution < -0.4 is 0 Å². The maximum Gasteiger partial charge on any atom is 0.416 e. The van der Waals surface area contributed by atoms with Crippen LogP contribution in [-0.4, -0.2) is 32.1 Å². The van der Waals surface area contributed by atoms with Crippen LogP contribution in [0.4, 0.5) is 13.2 Å². The Morgan fingerprint density at radius 2 is 1.78 bits per heavy atom. The van der Waals surface area contributed by atoms with Gasteiger partial charge in [0.1, 0.15) is 0 Å². The Balaban J connectivity index is 2.46. The highest BCUT2D eigenvalue weighted by Crippen LogP contribution is 2.29. The lowest BCUT2D eigenvalue weighted by molar-refractivity contribution is -0.137. The van der Waals surface area contributed by atoms with Crippen molar-refractivity contribution < 1.29 is 17.9 Å². The minimum atomic E-state index is -4.29. The Labute approximate surface area is 105 Å². The van der Waals surface area contributed by atoms with Crippen molar-refractivity contribution in [1.29, 1.82) is 0 Å². The number of nitrogens with zero attached hydrogens (tertiary/aromatic N) is 1. The fourth-order valence-electron chi connectivity index (χ4n) is 1.21. The van der Waals surface area contributed by atoms with Crippen LogP contribution in [0.2, 0.25) is 0 Å². The van der Waals surface area contributed by atoms with E-state index < -0.39 is 11.7 Å². The highest BCUT2D eigenvalue weighted by molar-refractivity contribution is 5.48. The van der Waals surface area contributed by atoms with Gasteiger partial charge in [0.25, 0.3) is 0 Å². The number of ether oxygens (including phenoxy) is 1. The summed E-state index contributed by atoms with van der Waals surface area (Å²) >= 11 is 0. The zero-order valence-corrected chi connectivity index (χ0v) is 10.4. The second-order valence-electron chi connectivity index (χ2n) is 4.10. The fourth-order valence-corrected chi connectivity index (χ4v) is 1.21. The van der Waals surface area contributed by atoms with Crippen LogP contribution in [0.3, 0.4) is 0 Å². The molecule has 0 bridgehead atoms. The Morgan fingerprint density at radius 3 is 2.28 bits per heavy atom. The molecule has 0 aliphatic heterocycles. The summed E-state index contributed by atoms with van der Waals surface area (Å²) in [5, 5.41) is 0. The molecule has 0 radical (unpaired) electrons. The Kier molecular flexibility index (Phi) is 5.22. The van der Waals surface area contributed by atoms with Crippen molar-refractivity contribution in [3.63, 3.8) is 0 Å². The summed E-state index contributed by atoms with van der Waals surface area (Å²) in [5.41, 5.74) is 0.0287. The largest absolute Gasteiger partial charge is 0.500 e. The molecule has 18 heavy (non-hydrogen) atoms. The molecular formula is C13H16F3NO. The van der Waals surface area contributed by atoms with E-state index in [1.807, 2.05) is 19.0 Å². The third kappa shape index (κ3) is 5.23. The number of benzene rings is 1. The molecule has 0 unspecified atom stereocenters. The van der Waals surface area contributed by atoms with Crippen LogP contribution in [0.25, 0.3) is 6.08 Å². The van der Waals surface area contributed by atoms with E-state index in [1.54, 1.807) is 6.08 Å². The van der Waals surface area contributed by atoms with Crippen LogP contribution >= 0.6 is 0 Å². The van der Waals surface area contributed by atoms with Crippen LogP contribution in [0, 0.1) is 0 Å². The molecule has 100 valence electrons. The summed E-state index contributed by atoms with van der Waals surface area (Å²) in [4.78, 5) is 1.98. The second-order valence-corrected chi connectivity index (χ2v) is 4.10. The molecule has 2 nitrogen and oxygen atoms in total. The van der Waals surface area contributed by atoms with E-state index in [4.69, 9.17) is 4.74 Å². The molecule has 0 aromatic heterocycles. The standard InChI is InChI=1S/C13H16F3NO/c1-17(2)8-10-18-9-7-11-3-5-12(6-4-11)13(14,15)16/h3-7,9H,8,10H2,1-2H3/b9-7+. The average Bonchev–Trinajstić information content (AvgIpc) is 2.27. The average molecular weight is 259 g/mol. The predicted octanol–water partition coefficient (Wildman–Crippen LogP) is 3.25. The van der Waals surface area contributed by atoms with Crippen molar-refractivity contribution in [2.24, 2.45) is 0 Å². The number of halogens is 3. The van der Waals surface area contributed by atoms with E-state index in [2.05, 4.69) is 0 Å². The van der Waals surface area contributed by atoms with Crippen molar-refractivity contribution >= 4 is 6.08 Å². The molecule has 0 amide bonds. The first kappa shape index (κ1) is 14.6. The van der Waals surface area contributed by atoms with Gasteiger partial charge in [-0.25, -0.2) is 0 Å². The Bertz CT molecular complexity index is 382. The summed E-state index contributed by atoms with van der Waals surface area (Å²) in [6.45, 7) is 1.33. The topological polar surface area (TPSA) is 12.5 Å². The molecule has 0 aliphatic carbocycles. The van der Waals surface area contributed by atoms with E-state index in [9.17, 15) is 13.2 Å². The van der Waals surface area contributed by atoms with Gasteiger partial charge in [-0.15, -0.1) is 0 Å². The van der Waals surface area contributed by atoms with Crippen LogP contribution in [0.5, 0.6) is 0 Å². The molecule has 0 aliphatic rings. The molecule has 1 aromatic rings. The lowest BCUT2D eigenvalue weighted by atomic mass is 10.1. The van der Waals surface area contributed by atoms with E-state index in [0.29, 0.717) is 12.2 Å². The monoisotopic (exact) mass is 259 g/mol. The van der Waals surface area contributed by atoms with Gasteiger partial charge in [-0.2, -0.15) is 13.2 Å². The van der Waals surface area contributed by atoms with Crippen molar-refractivity contribution in [1.82, 2.24) is 4.90 Å². The molecule has 1 aromatic carbocycles. The first-order chi connectivity index (χ1) is 8.39. The third-order valence-corrected chi connectivity index (χ3v) is 2.25. The maximum atomic E-state index is 12.3. The van der Waals surface area contributed by atoms with Gasteiger partial charge in [-0.3, -0.25) is 0 Å². The zero-order valence-electron chi connectivity index (χ0n) is 10.4. The second kappa shape index (κ2) is 6.44. The highest BCUT2D eigenvalue weighted by atomic mass is 19.4. The van der Waals surface area contributed by atoms with E-state index >= 15 is 0 Å². The van der Waals surface area contributed by atoms with E-state index in [-0.39, 0.29) is 0 Å². The minimum absolute atomic E-state index is 0.546. The molecule has 0 saturated carbocycles. The lowest BCUT2D eigenvalue weighted by Gasteiger charge is -2.08. The quantitative estimate of drug-likeness (QED) is 0.594. The van der Waals surface area contributed by atoms with Crippen LogP contribution in [0.1, 0.15) is 11.1 Å². The van der Waals surface area contributed by atoms with E-state index in [1.165, 1.54) is 18.4 Å². The lowest BCUT2D eigenvalue weighted by Crippen LogP contribution is -2.16. The normalized spacial score (nSPS) is 12.3. The number of alkyl halides is 3. The molecule has 1 rings (SSSR count). The van der Waals surface area contributed by atoms with E-state index in [0.717, 1.165) is 18.7 Å².